The van der Waals surface area contributed by atoms with Crippen LogP contribution in [0.15, 0.2) is 4.47 Å². The summed E-state index contributed by atoms with van der Waals surface area (Å²) < 4.78 is 15.4. The smallest absolute Gasteiger partial charge is 0.343 e. The van der Waals surface area contributed by atoms with E-state index in [1.54, 1.807) is 6.92 Å². The van der Waals surface area contributed by atoms with E-state index >= 15 is 0 Å². The lowest BCUT2D eigenvalue weighted by Gasteiger charge is -2.13. The van der Waals surface area contributed by atoms with E-state index in [-0.39, 0.29) is 5.56 Å². The first-order valence-corrected chi connectivity index (χ1v) is 5.22. The van der Waals surface area contributed by atoms with Crippen molar-refractivity contribution in [1.82, 2.24) is 4.98 Å². The highest BCUT2D eigenvalue weighted by atomic mass is 79.9. The number of halogens is 1. The van der Waals surface area contributed by atoms with Crippen molar-refractivity contribution in [1.29, 1.82) is 0 Å². The topological polar surface area (TPSA) is 57.7 Å². The fourth-order valence-electron chi connectivity index (χ4n) is 1.30. The normalized spacial score (nSPS) is 9.81. The third-order valence-corrected chi connectivity index (χ3v) is 2.73. The van der Waals surface area contributed by atoms with Crippen molar-refractivity contribution >= 4 is 21.9 Å². The molecule has 0 fully saturated rings. The van der Waals surface area contributed by atoms with Gasteiger partial charge in [0.05, 0.1) is 27.0 Å². The first kappa shape index (κ1) is 12.8. The molecule has 0 bridgehead atoms. The van der Waals surface area contributed by atoms with Crippen LogP contribution in [0.5, 0.6) is 11.6 Å². The maximum absolute atomic E-state index is 11.6. The molecule has 0 N–H and O–H groups in total. The Kier molecular flexibility index (Phi) is 4.12. The molecular weight excluding hydrogens is 278 g/mol. The highest BCUT2D eigenvalue weighted by Crippen LogP contribution is 2.37. The highest BCUT2D eigenvalue weighted by molar-refractivity contribution is 9.10. The Morgan fingerprint density at radius 1 is 1.25 bits per heavy atom. The Bertz CT molecular complexity index is 420. The van der Waals surface area contributed by atoms with Crippen LogP contribution < -0.4 is 9.47 Å². The Labute approximate surface area is 102 Å². The van der Waals surface area contributed by atoms with Crippen LogP contribution in [-0.4, -0.2) is 32.3 Å². The van der Waals surface area contributed by atoms with Crippen LogP contribution in [0, 0.1) is 6.92 Å². The maximum atomic E-state index is 11.6. The molecule has 0 saturated heterocycles. The lowest BCUT2D eigenvalue weighted by molar-refractivity contribution is 0.0595. The lowest BCUT2D eigenvalue weighted by Crippen LogP contribution is -2.09. The Morgan fingerprint density at radius 3 is 2.31 bits per heavy atom. The van der Waals surface area contributed by atoms with Crippen LogP contribution in [0.4, 0.5) is 0 Å². The number of hydrogen-bond acceptors (Lipinski definition) is 5. The van der Waals surface area contributed by atoms with Crippen molar-refractivity contribution in [3.8, 4) is 11.6 Å². The van der Waals surface area contributed by atoms with E-state index < -0.39 is 5.97 Å². The molecule has 1 aromatic rings. The summed E-state index contributed by atoms with van der Waals surface area (Å²) in [6, 6.07) is 0. The van der Waals surface area contributed by atoms with Crippen LogP contribution in [0.3, 0.4) is 0 Å². The SMILES string of the molecule is COC(=O)c1c(C)nc(OC)c(Br)c1OC. The van der Waals surface area contributed by atoms with Gasteiger partial charge in [-0.05, 0) is 22.9 Å². The third kappa shape index (κ3) is 2.11. The summed E-state index contributed by atoms with van der Waals surface area (Å²) in [7, 11) is 4.26. The quantitative estimate of drug-likeness (QED) is 0.796. The number of nitrogens with zero attached hydrogens (tertiary/aromatic N) is 1. The number of aryl methyl sites for hydroxylation is 1. The number of carbonyl (C=O) groups is 1. The summed E-state index contributed by atoms with van der Waals surface area (Å²) in [6.07, 6.45) is 0. The molecule has 6 heteroatoms. The predicted octanol–water partition coefficient (Wildman–Crippen LogP) is 1.96. The number of aromatic nitrogens is 1. The van der Waals surface area contributed by atoms with Crippen LogP contribution in [0.2, 0.25) is 0 Å². The minimum Gasteiger partial charge on any atom is -0.494 e. The van der Waals surface area contributed by atoms with Crippen molar-refractivity contribution in [3.63, 3.8) is 0 Å². The van der Waals surface area contributed by atoms with Gasteiger partial charge in [0, 0.05) is 0 Å². The number of hydrogen-bond donors (Lipinski definition) is 0. The number of pyridine rings is 1. The standard InChI is InChI=1S/C10H12BrNO4/c1-5-6(10(13)16-4)8(14-2)7(11)9(12-5)15-3/h1-4H3. The van der Waals surface area contributed by atoms with Gasteiger partial charge in [0.1, 0.15) is 10.0 Å². The molecule has 0 aliphatic carbocycles. The molecule has 0 radical (unpaired) electrons. The van der Waals surface area contributed by atoms with Gasteiger partial charge in [-0.25, -0.2) is 9.78 Å². The fourth-order valence-corrected chi connectivity index (χ4v) is 1.91. The zero-order chi connectivity index (χ0) is 12.3. The van der Waals surface area contributed by atoms with Crippen molar-refractivity contribution in [2.45, 2.75) is 6.92 Å². The van der Waals surface area contributed by atoms with E-state index in [4.69, 9.17) is 9.47 Å². The molecule has 0 spiro atoms. The van der Waals surface area contributed by atoms with Gasteiger partial charge >= 0.3 is 5.97 Å². The fraction of sp³-hybridized carbons (Fsp3) is 0.400. The summed E-state index contributed by atoms with van der Waals surface area (Å²) in [5, 5.41) is 0. The first-order chi connectivity index (χ1) is 7.56. The molecule has 1 aromatic heterocycles. The lowest BCUT2D eigenvalue weighted by atomic mass is 10.2. The molecule has 0 unspecified atom stereocenters. The van der Waals surface area contributed by atoms with E-state index in [1.165, 1.54) is 21.3 Å². The van der Waals surface area contributed by atoms with Crippen LogP contribution in [-0.2, 0) is 4.74 Å². The minimum absolute atomic E-state index is 0.290. The third-order valence-electron chi connectivity index (χ3n) is 2.03. The molecule has 1 rings (SSSR count). The summed E-state index contributed by atoms with van der Waals surface area (Å²) in [4.78, 5) is 15.7. The zero-order valence-corrected chi connectivity index (χ0v) is 11.0. The molecule has 16 heavy (non-hydrogen) atoms. The molecule has 1 heterocycles. The van der Waals surface area contributed by atoms with E-state index in [2.05, 4.69) is 25.7 Å². The van der Waals surface area contributed by atoms with Gasteiger partial charge in [0.25, 0.3) is 0 Å². The highest BCUT2D eigenvalue weighted by Gasteiger charge is 2.23. The van der Waals surface area contributed by atoms with Gasteiger partial charge in [-0.1, -0.05) is 0 Å². The van der Waals surface area contributed by atoms with Gasteiger partial charge in [0.2, 0.25) is 5.88 Å². The minimum atomic E-state index is -0.495. The number of rotatable bonds is 3. The molecule has 0 saturated carbocycles. The molecule has 5 nitrogen and oxygen atoms in total. The number of methoxy groups -OCH3 is 3. The molecule has 0 atom stereocenters. The summed E-state index contributed by atoms with van der Waals surface area (Å²) >= 11 is 3.26. The van der Waals surface area contributed by atoms with Crippen molar-refractivity contribution in [2.75, 3.05) is 21.3 Å². The van der Waals surface area contributed by atoms with Gasteiger partial charge in [-0.2, -0.15) is 0 Å². The van der Waals surface area contributed by atoms with Crippen LogP contribution in [0.1, 0.15) is 16.1 Å². The predicted molar refractivity (Wildman–Crippen MR) is 61.1 cm³/mol. The molecule has 0 amide bonds. The average Bonchev–Trinajstić information content (AvgIpc) is 2.29. The van der Waals surface area contributed by atoms with Crippen LogP contribution >= 0.6 is 15.9 Å². The molecule has 88 valence electrons. The number of esters is 1. The van der Waals surface area contributed by atoms with Gasteiger partial charge in [-0.3, -0.25) is 0 Å². The van der Waals surface area contributed by atoms with E-state index in [9.17, 15) is 4.79 Å². The summed E-state index contributed by atoms with van der Waals surface area (Å²) in [5.41, 5.74) is 0.779. The monoisotopic (exact) mass is 289 g/mol. The van der Waals surface area contributed by atoms with Crippen molar-refractivity contribution in [3.05, 3.63) is 15.7 Å². The number of carbonyl (C=O) groups excluding carboxylic acids is 1. The largest absolute Gasteiger partial charge is 0.494 e. The Balaban J connectivity index is 3.49. The van der Waals surface area contributed by atoms with E-state index in [1.807, 2.05) is 0 Å². The Hall–Kier alpha value is -1.30. The van der Waals surface area contributed by atoms with E-state index in [0.717, 1.165) is 0 Å². The zero-order valence-electron chi connectivity index (χ0n) is 9.46. The second-order valence-corrected chi connectivity index (χ2v) is 3.71. The van der Waals surface area contributed by atoms with Crippen molar-refractivity contribution < 1.29 is 19.0 Å². The van der Waals surface area contributed by atoms with Crippen LogP contribution in [0.25, 0.3) is 0 Å². The average molecular weight is 290 g/mol. The van der Waals surface area contributed by atoms with E-state index in [0.29, 0.717) is 21.8 Å². The molecule has 0 aromatic carbocycles. The molecular formula is C10H12BrNO4. The first-order valence-electron chi connectivity index (χ1n) is 4.43. The van der Waals surface area contributed by atoms with Gasteiger partial charge in [-0.15, -0.1) is 0 Å². The van der Waals surface area contributed by atoms with Crippen molar-refractivity contribution in [2.24, 2.45) is 0 Å². The number of ether oxygens (including phenoxy) is 3. The molecule has 0 aliphatic rings. The second kappa shape index (κ2) is 5.16. The van der Waals surface area contributed by atoms with Gasteiger partial charge < -0.3 is 14.2 Å². The Morgan fingerprint density at radius 2 is 1.88 bits per heavy atom. The maximum Gasteiger partial charge on any atom is 0.343 e. The van der Waals surface area contributed by atoms with Gasteiger partial charge in [0.15, 0.2) is 5.75 Å². The molecule has 0 aliphatic heterocycles. The summed E-state index contributed by atoms with van der Waals surface area (Å²) in [5.74, 6) is 0.225. The summed E-state index contributed by atoms with van der Waals surface area (Å²) in [6.45, 7) is 1.68. The second-order valence-electron chi connectivity index (χ2n) is 2.92.